The molecule has 0 unspecified atom stereocenters. The molecule has 0 spiro atoms. The molecule has 3 rings (SSSR count). The lowest BCUT2D eigenvalue weighted by Crippen LogP contribution is -2.07. The number of nitrogens with zero attached hydrogens (tertiary/aromatic N) is 2. The summed E-state index contributed by atoms with van der Waals surface area (Å²) >= 11 is 3.41. The smallest absolute Gasteiger partial charge is 0.152 e. The van der Waals surface area contributed by atoms with Crippen molar-refractivity contribution in [3.8, 4) is 5.75 Å². The summed E-state index contributed by atoms with van der Waals surface area (Å²) in [5, 5.41) is 0.870. The summed E-state index contributed by atoms with van der Waals surface area (Å²) in [5.41, 5.74) is 1.46. The predicted octanol–water partition coefficient (Wildman–Crippen LogP) is 3.69. The number of aromatic nitrogens is 2. The lowest BCUT2D eigenvalue weighted by Gasteiger charge is -2.08. The summed E-state index contributed by atoms with van der Waals surface area (Å²) in [7, 11) is 0. The van der Waals surface area contributed by atoms with Crippen molar-refractivity contribution in [3.05, 3.63) is 58.8 Å². The van der Waals surface area contributed by atoms with E-state index in [2.05, 4.69) is 20.9 Å². The van der Waals surface area contributed by atoms with Crippen LogP contribution in [0.5, 0.6) is 5.75 Å². The van der Waals surface area contributed by atoms with Crippen molar-refractivity contribution in [3.63, 3.8) is 0 Å². The average Bonchev–Trinajstić information content (AvgIpc) is 2.86. The molecule has 0 bridgehead atoms. The van der Waals surface area contributed by atoms with E-state index in [9.17, 15) is 4.79 Å². The molecule has 0 amide bonds. The monoisotopic (exact) mass is 344 g/mol. The second-order valence-electron chi connectivity index (χ2n) is 4.58. The van der Waals surface area contributed by atoms with Crippen molar-refractivity contribution in [2.75, 3.05) is 6.61 Å². The zero-order valence-corrected chi connectivity index (χ0v) is 12.8. The number of aldehydes is 1. The van der Waals surface area contributed by atoms with Crippen LogP contribution in [0.4, 0.5) is 0 Å². The van der Waals surface area contributed by atoms with Gasteiger partial charge in [-0.25, -0.2) is 4.98 Å². The molecule has 2 aromatic heterocycles. The van der Waals surface area contributed by atoms with Crippen LogP contribution in [0.1, 0.15) is 10.4 Å². The molecule has 0 fully saturated rings. The van der Waals surface area contributed by atoms with E-state index < -0.39 is 0 Å². The highest BCUT2D eigenvalue weighted by Gasteiger charge is 2.08. The van der Waals surface area contributed by atoms with Gasteiger partial charge in [0.15, 0.2) is 6.29 Å². The standard InChI is InChI=1S/C16H13BrN2O2/c17-13-3-1-4-14(9-13)21-8-7-19-10-12(11-20)15-5-2-6-18-16(15)19/h1-6,9-11H,7-8H2. The van der Waals surface area contributed by atoms with Crippen molar-refractivity contribution in [1.29, 1.82) is 0 Å². The van der Waals surface area contributed by atoms with Gasteiger partial charge in [0.05, 0.1) is 6.54 Å². The number of carbonyl (C=O) groups excluding carboxylic acids is 1. The number of halogens is 1. The van der Waals surface area contributed by atoms with Crippen LogP contribution in [0, 0.1) is 0 Å². The van der Waals surface area contributed by atoms with Gasteiger partial charge >= 0.3 is 0 Å². The van der Waals surface area contributed by atoms with Gasteiger partial charge in [-0.05, 0) is 30.3 Å². The minimum atomic E-state index is 0.509. The molecule has 0 aliphatic heterocycles. The van der Waals surface area contributed by atoms with Crippen molar-refractivity contribution in [2.24, 2.45) is 0 Å². The van der Waals surface area contributed by atoms with Crippen LogP contribution in [0.25, 0.3) is 11.0 Å². The van der Waals surface area contributed by atoms with Gasteiger partial charge in [-0.2, -0.15) is 0 Å². The Morgan fingerprint density at radius 3 is 3.00 bits per heavy atom. The van der Waals surface area contributed by atoms with Crippen LogP contribution in [0.15, 0.2) is 53.3 Å². The molecular weight excluding hydrogens is 332 g/mol. The van der Waals surface area contributed by atoms with E-state index in [0.717, 1.165) is 27.5 Å². The third kappa shape index (κ3) is 2.97. The molecule has 0 N–H and O–H groups in total. The topological polar surface area (TPSA) is 44.1 Å². The SMILES string of the molecule is O=Cc1cn(CCOc2cccc(Br)c2)c2ncccc12. The number of carbonyl (C=O) groups is 1. The van der Waals surface area contributed by atoms with E-state index in [0.29, 0.717) is 18.7 Å². The molecule has 3 aromatic rings. The molecule has 106 valence electrons. The number of hydrogen-bond donors (Lipinski definition) is 0. The van der Waals surface area contributed by atoms with Gasteiger partial charge in [-0.3, -0.25) is 4.79 Å². The largest absolute Gasteiger partial charge is 0.492 e. The predicted molar refractivity (Wildman–Crippen MR) is 84.8 cm³/mol. The Bertz CT molecular complexity index is 783. The molecule has 0 atom stereocenters. The number of fused-ring (bicyclic) bond motifs is 1. The highest BCUT2D eigenvalue weighted by molar-refractivity contribution is 9.10. The Morgan fingerprint density at radius 2 is 2.19 bits per heavy atom. The first-order chi connectivity index (χ1) is 10.3. The van der Waals surface area contributed by atoms with E-state index in [1.54, 1.807) is 6.20 Å². The van der Waals surface area contributed by atoms with Crippen molar-refractivity contribution >= 4 is 33.2 Å². The van der Waals surface area contributed by atoms with Crippen molar-refractivity contribution in [1.82, 2.24) is 9.55 Å². The Hall–Kier alpha value is -2.14. The Morgan fingerprint density at radius 1 is 1.29 bits per heavy atom. The van der Waals surface area contributed by atoms with Gasteiger partial charge in [-0.1, -0.05) is 22.0 Å². The molecule has 0 aliphatic carbocycles. The van der Waals surface area contributed by atoms with E-state index in [-0.39, 0.29) is 0 Å². The molecule has 0 saturated carbocycles. The van der Waals surface area contributed by atoms with Crippen LogP contribution in [0.2, 0.25) is 0 Å². The third-order valence-corrected chi connectivity index (χ3v) is 3.68. The molecule has 0 aliphatic rings. The Balaban J connectivity index is 1.75. The maximum absolute atomic E-state index is 11.1. The number of hydrogen-bond acceptors (Lipinski definition) is 3. The quantitative estimate of drug-likeness (QED) is 0.663. The highest BCUT2D eigenvalue weighted by atomic mass is 79.9. The van der Waals surface area contributed by atoms with Crippen LogP contribution >= 0.6 is 15.9 Å². The number of benzene rings is 1. The van der Waals surface area contributed by atoms with E-state index in [1.165, 1.54) is 0 Å². The summed E-state index contributed by atoms with van der Waals surface area (Å²) in [4.78, 5) is 15.4. The summed E-state index contributed by atoms with van der Waals surface area (Å²) in [6.07, 6.45) is 4.40. The summed E-state index contributed by atoms with van der Waals surface area (Å²) < 4.78 is 8.64. The molecule has 4 nitrogen and oxygen atoms in total. The molecule has 0 radical (unpaired) electrons. The minimum absolute atomic E-state index is 0.509. The number of ether oxygens (including phenoxy) is 1. The fourth-order valence-electron chi connectivity index (χ4n) is 2.23. The van der Waals surface area contributed by atoms with Crippen molar-refractivity contribution < 1.29 is 9.53 Å². The summed E-state index contributed by atoms with van der Waals surface area (Å²) in [6.45, 7) is 1.14. The number of pyridine rings is 1. The second-order valence-corrected chi connectivity index (χ2v) is 5.49. The molecule has 2 heterocycles. The molecule has 5 heteroatoms. The maximum atomic E-state index is 11.1. The van der Waals surface area contributed by atoms with Gasteiger partial charge in [0, 0.05) is 27.8 Å². The highest BCUT2D eigenvalue weighted by Crippen LogP contribution is 2.19. The lowest BCUT2D eigenvalue weighted by atomic mass is 10.2. The maximum Gasteiger partial charge on any atom is 0.152 e. The number of rotatable bonds is 5. The third-order valence-electron chi connectivity index (χ3n) is 3.19. The van der Waals surface area contributed by atoms with Crippen LogP contribution in [-0.4, -0.2) is 22.4 Å². The Kier molecular flexibility index (Phi) is 4.01. The fourth-order valence-corrected chi connectivity index (χ4v) is 2.61. The van der Waals surface area contributed by atoms with Gasteiger partial charge in [0.2, 0.25) is 0 Å². The van der Waals surface area contributed by atoms with Gasteiger partial charge in [0.25, 0.3) is 0 Å². The second kappa shape index (κ2) is 6.10. The van der Waals surface area contributed by atoms with Crippen LogP contribution in [-0.2, 0) is 6.54 Å². The fraction of sp³-hybridized carbons (Fsp3) is 0.125. The first-order valence-electron chi connectivity index (χ1n) is 6.55. The van der Waals surface area contributed by atoms with Crippen LogP contribution in [0.3, 0.4) is 0 Å². The van der Waals surface area contributed by atoms with Crippen LogP contribution < -0.4 is 4.74 Å². The normalized spacial score (nSPS) is 10.7. The van der Waals surface area contributed by atoms with E-state index >= 15 is 0 Å². The van der Waals surface area contributed by atoms with Gasteiger partial charge in [0.1, 0.15) is 18.0 Å². The zero-order valence-electron chi connectivity index (χ0n) is 11.2. The minimum Gasteiger partial charge on any atom is -0.492 e. The summed E-state index contributed by atoms with van der Waals surface area (Å²) in [5.74, 6) is 0.810. The molecular formula is C16H13BrN2O2. The van der Waals surface area contributed by atoms with E-state index in [1.807, 2.05) is 47.2 Å². The van der Waals surface area contributed by atoms with E-state index in [4.69, 9.17) is 4.74 Å². The zero-order chi connectivity index (χ0) is 14.7. The molecule has 21 heavy (non-hydrogen) atoms. The molecule has 1 aromatic carbocycles. The lowest BCUT2D eigenvalue weighted by molar-refractivity contribution is 0.112. The summed E-state index contributed by atoms with van der Waals surface area (Å²) in [6, 6.07) is 11.4. The molecule has 0 saturated heterocycles. The Labute approximate surface area is 130 Å². The van der Waals surface area contributed by atoms with Gasteiger partial charge in [-0.15, -0.1) is 0 Å². The van der Waals surface area contributed by atoms with Crippen molar-refractivity contribution in [2.45, 2.75) is 6.54 Å². The first kappa shape index (κ1) is 13.8. The average molecular weight is 345 g/mol. The van der Waals surface area contributed by atoms with Gasteiger partial charge < -0.3 is 9.30 Å². The first-order valence-corrected chi connectivity index (χ1v) is 7.34.